The normalized spacial score (nSPS) is 22.2. The Morgan fingerprint density at radius 3 is 1.24 bits per heavy atom. The topological polar surface area (TPSA) is 0 Å². The fourth-order valence-corrected chi connectivity index (χ4v) is 11.2. The van der Waals surface area contributed by atoms with E-state index in [2.05, 4.69) is 125 Å². The van der Waals surface area contributed by atoms with E-state index < -0.39 is 18.5 Å². The molecule has 0 fully saturated rings. The van der Waals surface area contributed by atoms with E-state index in [0.717, 1.165) is 0 Å². The zero-order valence-electron chi connectivity index (χ0n) is 22.2. The summed E-state index contributed by atoms with van der Waals surface area (Å²) in [4.78, 5) is 0. The maximum absolute atomic E-state index is 7.81. The molecular weight excluding hydrogens is 599 g/mol. The Labute approximate surface area is 257 Å². The Hall–Kier alpha value is -1.96. The summed E-state index contributed by atoms with van der Waals surface area (Å²) in [6.07, 6.45) is 0. The predicted octanol–water partition coefficient (Wildman–Crippen LogP) is 9.28. The van der Waals surface area contributed by atoms with Crippen molar-refractivity contribution in [3.8, 4) is 22.3 Å². The van der Waals surface area contributed by atoms with Crippen LogP contribution in [0.25, 0.3) is 33.4 Å². The van der Waals surface area contributed by atoms with Crippen LogP contribution in [0.15, 0.2) is 108 Å². The van der Waals surface area contributed by atoms with Crippen LogP contribution in [-0.4, -0.2) is 9.52 Å². The van der Waals surface area contributed by atoms with Crippen LogP contribution < -0.4 is 0 Å². The third-order valence-electron chi connectivity index (χ3n) is 8.70. The molecule has 38 heavy (non-hydrogen) atoms. The van der Waals surface area contributed by atoms with Gasteiger partial charge >= 0.3 is 0 Å². The number of hydrogen-bond acceptors (Lipinski definition) is 0. The summed E-state index contributed by atoms with van der Waals surface area (Å²) in [6, 6.07) is 34.5. The van der Waals surface area contributed by atoms with Gasteiger partial charge in [-0.2, -0.15) is 0 Å². The van der Waals surface area contributed by atoms with Crippen molar-refractivity contribution >= 4 is 43.9 Å². The van der Waals surface area contributed by atoms with Gasteiger partial charge in [0.1, 0.15) is 0 Å². The van der Waals surface area contributed by atoms with Crippen molar-refractivity contribution in [3.63, 3.8) is 0 Å². The van der Waals surface area contributed by atoms with Crippen molar-refractivity contribution in [2.75, 3.05) is 0 Å². The van der Waals surface area contributed by atoms with Gasteiger partial charge in [0.05, 0.1) is 18.5 Å². The molecule has 0 spiro atoms. The summed E-state index contributed by atoms with van der Waals surface area (Å²) in [5, 5.41) is 0. The second kappa shape index (κ2) is 10.2. The fraction of sp³-hybridized carbons (Fsp3) is 0.176. The number of hydrogen-bond donors (Lipinski definition) is 0. The molecule has 0 bridgehead atoms. The number of alkyl halides is 2. The largest absolute Gasteiger partial charge is 0.114 e. The van der Waals surface area contributed by atoms with Gasteiger partial charge < -0.3 is 0 Å². The number of allylic oxidation sites excluding steroid dienone is 4. The molecule has 0 amide bonds. The Morgan fingerprint density at radius 2 is 0.868 bits per heavy atom. The van der Waals surface area contributed by atoms with Gasteiger partial charge in [0.25, 0.3) is 0 Å². The van der Waals surface area contributed by atoms with Crippen LogP contribution in [0.5, 0.6) is 0 Å². The van der Waals surface area contributed by atoms with Crippen molar-refractivity contribution in [1.82, 2.24) is 0 Å². The summed E-state index contributed by atoms with van der Waals surface area (Å²) >= 11 is 15.6. The number of rotatable bonds is 4. The van der Waals surface area contributed by atoms with E-state index in [1.54, 1.807) is 0 Å². The van der Waals surface area contributed by atoms with Crippen molar-refractivity contribution in [1.29, 1.82) is 0 Å². The van der Waals surface area contributed by atoms with Crippen molar-refractivity contribution in [2.24, 2.45) is 0 Å². The summed E-state index contributed by atoms with van der Waals surface area (Å²) in [5.74, 6) is 0. The summed E-state index contributed by atoms with van der Waals surface area (Å²) in [7, 11) is -1.18. The van der Waals surface area contributed by atoms with Gasteiger partial charge in [0, 0.05) is 26.2 Å². The van der Waals surface area contributed by atoms with Crippen LogP contribution in [0, 0.1) is 0 Å². The van der Waals surface area contributed by atoms with E-state index in [0.29, 0.717) is 0 Å². The monoisotopic (exact) mass is 626 g/mol. The molecule has 2 unspecified atom stereocenters. The molecule has 4 heteroatoms. The number of fused-ring (bicyclic) bond motifs is 2. The molecule has 0 aromatic heterocycles. The minimum Gasteiger partial charge on any atom is -0.114 e. The molecule has 0 heterocycles. The zero-order valence-corrected chi connectivity index (χ0v) is 27.6. The Kier molecular flexibility index (Phi) is 7.42. The standard InChI is InChI=1S/C34H30Cl2Si.Zr/c1-21-23(3)33(35,29-19-11-17-27(31(21)29)25-13-7-5-8-14-25)37-34(36)24(4)22(2)32-28(18-12-20-30(32)34)26-15-9-6-10-16-26;/h5-20H,37H2,1-4H3;. The molecule has 0 saturated heterocycles. The molecule has 0 saturated carbocycles. The van der Waals surface area contributed by atoms with E-state index in [-0.39, 0.29) is 26.2 Å². The van der Waals surface area contributed by atoms with E-state index >= 15 is 0 Å². The molecule has 2 aliphatic rings. The van der Waals surface area contributed by atoms with E-state index in [1.807, 2.05) is 0 Å². The second-order valence-electron chi connectivity index (χ2n) is 10.5. The van der Waals surface area contributed by atoms with Gasteiger partial charge in [0.2, 0.25) is 0 Å². The maximum Gasteiger partial charge on any atom is 0.0923 e. The first-order valence-corrected chi connectivity index (χ1v) is 15.1. The average Bonchev–Trinajstić information content (AvgIpc) is 3.25. The summed E-state index contributed by atoms with van der Waals surface area (Å²) in [6.45, 7) is 8.88. The minimum atomic E-state index is -1.18. The van der Waals surface area contributed by atoms with Crippen LogP contribution in [0.2, 0.25) is 0 Å². The molecule has 0 aliphatic heterocycles. The second-order valence-corrected chi connectivity index (χ2v) is 15.1. The van der Waals surface area contributed by atoms with Crippen molar-refractivity contribution in [3.05, 3.63) is 130 Å². The Bertz CT molecular complexity index is 1490. The molecule has 0 radical (unpaired) electrons. The van der Waals surface area contributed by atoms with Crippen LogP contribution in [0.1, 0.15) is 49.9 Å². The molecular formula is C34H30Cl2SiZr. The van der Waals surface area contributed by atoms with Gasteiger partial charge in [-0.25, -0.2) is 0 Å². The molecule has 188 valence electrons. The SMILES string of the molecule is CC1=C(C)C(Cl)([SiH2]C2(Cl)C(C)=C(C)c3c(-c4ccccc4)cccc32)c2cccc(-c3ccccc3)c21.[Zr]. The fourth-order valence-electron chi connectivity index (χ4n) is 6.45. The molecule has 2 aliphatic carbocycles. The van der Waals surface area contributed by atoms with Gasteiger partial charge in [0.15, 0.2) is 0 Å². The maximum atomic E-state index is 7.81. The quantitative estimate of drug-likeness (QED) is 0.156. The van der Waals surface area contributed by atoms with E-state index in [9.17, 15) is 0 Å². The Balaban J connectivity index is 0.00000294. The molecule has 6 rings (SSSR count). The van der Waals surface area contributed by atoms with Crippen molar-refractivity contribution in [2.45, 2.75) is 36.7 Å². The minimum absolute atomic E-state index is 0. The molecule has 0 N–H and O–H groups in total. The van der Waals surface area contributed by atoms with Gasteiger partial charge in [-0.3, -0.25) is 0 Å². The van der Waals surface area contributed by atoms with Gasteiger partial charge in [-0.05, 0) is 94.5 Å². The van der Waals surface area contributed by atoms with Gasteiger partial charge in [-0.15, -0.1) is 23.2 Å². The van der Waals surface area contributed by atoms with Crippen LogP contribution in [0.4, 0.5) is 0 Å². The molecule has 2 atom stereocenters. The summed E-state index contributed by atoms with van der Waals surface area (Å²) < 4.78 is -1.12. The predicted molar refractivity (Wildman–Crippen MR) is 164 cm³/mol. The average molecular weight is 629 g/mol. The molecule has 0 nitrogen and oxygen atoms in total. The van der Waals surface area contributed by atoms with E-state index in [1.165, 1.54) is 66.8 Å². The van der Waals surface area contributed by atoms with E-state index in [4.69, 9.17) is 23.2 Å². The first-order chi connectivity index (χ1) is 17.8. The zero-order chi connectivity index (χ0) is 25.9. The Morgan fingerprint density at radius 1 is 0.500 bits per heavy atom. The first-order valence-electron chi connectivity index (χ1n) is 12.9. The van der Waals surface area contributed by atoms with Crippen molar-refractivity contribution < 1.29 is 26.2 Å². The number of benzene rings is 4. The van der Waals surface area contributed by atoms with Crippen LogP contribution in [-0.2, 0) is 35.2 Å². The summed E-state index contributed by atoms with van der Waals surface area (Å²) in [5.41, 5.74) is 15.0. The van der Waals surface area contributed by atoms with Crippen LogP contribution in [0.3, 0.4) is 0 Å². The third kappa shape index (κ3) is 4.03. The first kappa shape index (κ1) is 27.6. The smallest absolute Gasteiger partial charge is 0.0923 e. The van der Waals surface area contributed by atoms with Gasteiger partial charge in [-0.1, -0.05) is 97.1 Å². The number of halogens is 2. The van der Waals surface area contributed by atoms with Crippen LogP contribution >= 0.6 is 23.2 Å². The molecule has 4 aromatic carbocycles. The third-order valence-corrected chi connectivity index (χ3v) is 13.3. The molecule has 4 aromatic rings.